The molecule has 3 rings (SSSR count). The first kappa shape index (κ1) is 26.1. The van der Waals surface area contributed by atoms with Gasteiger partial charge in [-0.1, -0.05) is 13.0 Å². The molecule has 2 unspecified atom stereocenters. The number of likely N-dealkylation sites (N-methyl/N-ethyl adjacent to an activating group) is 1. The van der Waals surface area contributed by atoms with Gasteiger partial charge in [-0.2, -0.15) is 5.10 Å². The normalized spacial score (nSPS) is 17.9. The highest BCUT2D eigenvalue weighted by Crippen LogP contribution is 2.29. The lowest BCUT2D eigenvalue weighted by Gasteiger charge is -2.36. The average molecular weight is 560 g/mol. The van der Waals surface area contributed by atoms with Gasteiger partial charge >= 0.3 is 0 Å². The number of nitrogens with zero attached hydrogens (tertiary/aromatic N) is 5. The van der Waals surface area contributed by atoms with E-state index in [2.05, 4.69) is 75.3 Å². The molecular weight excluding hydrogens is 521 g/mol. The van der Waals surface area contributed by atoms with Crippen LogP contribution >= 0.6 is 35.3 Å². The molecular formula is C22H38IN7S. The van der Waals surface area contributed by atoms with E-state index in [0.717, 1.165) is 25.0 Å². The third-order valence-electron chi connectivity index (χ3n) is 6.01. The van der Waals surface area contributed by atoms with Crippen LogP contribution < -0.4 is 10.6 Å². The number of thiophene rings is 1. The summed E-state index contributed by atoms with van der Waals surface area (Å²) in [4.78, 5) is 10.7. The van der Waals surface area contributed by atoms with Crippen LogP contribution in [0.4, 0.5) is 0 Å². The minimum atomic E-state index is 0. The molecule has 1 aliphatic heterocycles. The summed E-state index contributed by atoms with van der Waals surface area (Å²) < 4.78 is 1.85. The first-order chi connectivity index (χ1) is 14.5. The van der Waals surface area contributed by atoms with Gasteiger partial charge in [-0.05, 0) is 57.4 Å². The van der Waals surface area contributed by atoms with Gasteiger partial charge in [0.1, 0.15) is 0 Å². The van der Waals surface area contributed by atoms with Gasteiger partial charge in [0.15, 0.2) is 5.96 Å². The van der Waals surface area contributed by atoms with E-state index in [1.54, 1.807) is 0 Å². The lowest BCUT2D eigenvalue weighted by atomic mass is 9.97. The Balaban J connectivity index is 0.00000341. The largest absolute Gasteiger partial charge is 0.354 e. The van der Waals surface area contributed by atoms with Crippen LogP contribution in [0.25, 0.3) is 0 Å². The molecule has 0 aromatic carbocycles. The van der Waals surface area contributed by atoms with E-state index >= 15 is 0 Å². The lowest BCUT2D eigenvalue weighted by molar-refractivity contribution is 0.140. The summed E-state index contributed by atoms with van der Waals surface area (Å²) in [6.45, 7) is 6.32. The number of hydrogen-bond donors (Lipinski definition) is 2. The predicted octanol–water partition coefficient (Wildman–Crippen LogP) is 3.34. The Morgan fingerprint density at radius 1 is 1.29 bits per heavy atom. The number of likely N-dealkylation sites (tertiary alicyclic amines) is 1. The van der Waals surface area contributed by atoms with Crippen LogP contribution in [0, 0.1) is 5.92 Å². The van der Waals surface area contributed by atoms with Crippen LogP contribution in [0.5, 0.6) is 0 Å². The molecule has 2 N–H and O–H groups in total. The van der Waals surface area contributed by atoms with Crippen molar-refractivity contribution < 1.29 is 0 Å². The second kappa shape index (κ2) is 12.8. The van der Waals surface area contributed by atoms with Crippen molar-refractivity contribution in [3.8, 4) is 0 Å². The van der Waals surface area contributed by atoms with Gasteiger partial charge in [-0.25, -0.2) is 0 Å². The van der Waals surface area contributed by atoms with Gasteiger partial charge in [-0.3, -0.25) is 14.6 Å². The molecule has 2 aromatic heterocycles. The number of aromatic nitrogens is 2. The Morgan fingerprint density at radius 3 is 2.55 bits per heavy atom. The molecule has 0 aliphatic carbocycles. The van der Waals surface area contributed by atoms with Gasteiger partial charge in [0, 0.05) is 43.8 Å². The van der Waals surface area contributed by atoms with Crippen molar-refractivity contribution in [3.05, 3.63) is 40.3 Å². The van der Waals surface area contributed by atoms with E-state index in [1.807, 2.05) is 36.3 Å². The number of piperidine rings is 1. The van der Waals surface area contributed by atoms with Crippen molar-refractivity contribution in [2.75, 3.05) is 47.3 Å². The summed E-state index contributed by atoms with van der Waals surface area (Å²) in [6, 6.07) is 5.03. The van der Waals surface area contributed by atoms with Gasteiger partial charge in [0.25, 0.3) is 0 Å². The fourth-order valence-electron chi connectivity index (χ4n) is 4.05. The van der Waals surface area contributed by atoms with Crippen LogP contribution in [-0.2, 0) is 7.05 Å². The van der Waals surface area contributed by atoms with E-state index in [4.69, 9.17) is 0 Å². The number of hydrogen-bond acceptors (Lipinski definition) is 5. The first-order valence-corrected chi connectivity index (χ1v) is 11.7. The van der Waals surface area contributed by atoms with Crippen molar-refractivity contribution in [3.63, 3.8) is 0 Å². The molecule has 2 atom stereocenters. The monoisotopic (exact) mass is 559 g/mol. The van der Waals surface area contributed by atoms with Gasteiger partial charge in [-0.15, -0.1) is 35.3 Å². The van der Waals surface area contributed by atoms with Crippen LogP contribution in [0.1, 0.15) is 42.3 Å². The molecule has 1 fully saturated rings. The van der Waals surface area contributed by atoms with Crippen LogP contribution in [-0.4, -0.2) is 72.9 Å². The summed E-state index contributed by atoms with van der Waals surface area (Å²) in [7, 11) is 7.99. The Kier molecular flexibility index (Phi) is 10.7. The third-order valence-corrected chi connectivity index (χ3v) is 6.99. The molecule has 7 nitrogen and oxygen atoms in total. The van der Waals surface area contributed by atoms with Gasteiger partial charge < -0.3 is 15.5 Å². The first-order valence-electron chi connectivity index (χ1n) is 10.8. The molecule has 1 saturated heterocycles. The number of aryl methyl sites for hydroxylation is 1. The van der Waals surface area contributed by atoms with Gasteiger partial charge in [0.2, 0.25) is 0 Å². The average Bonchev–Trinajstić information content (AvgIpc) is 3.40. The number of nitrogens with one attached hydrogen (secondary N) is 2. The maximum Gasteiger partial charge on any atom is 0.191 e. The zero-order valence-electron chi connectivity index (χ0n) is 19.4. The van der Waals surface area contributed by atoms with Gasteiger partial charge in [0.05, 0.1) is 18.3 Å². The lowest BCUT2D eigenvalue weighted by Crippen LogP contribution is -2.46. The predicted molar refractivity (Wildman–Crippen MR) is 141 cm³/mol. The van der Waals surface area contributed by atoms with E-state index in [9.17, 15) is 0 Å². The number of rotatable bonds is 8. The Morgan fingerprint density at radius 2 is 2.00 bits per heavy atom. The molecule has 9 heteroatoms. The molecule has 0 bridgehead atoms. The third kappa shape index (κ3) is 7.44. The molecule has 0 amide bonds. The van der Waals surface area contributed by atoms with Crippen LogP contribution in [0.3, 0.4) is 0 Å². The second-order valence-electron chi connectivity index (χ2n) is 8.51. The van der Waals surface area contributed by atoms with Crippen molar-refractivity contribution in [2.45, 2.75) is 31.8 Å². The molecule has 0 spiro atoms. The second-order valence-corrected chi connectivity index (χ2v) is 9.49. The zero-order valence-corrected chi connectivity index (χ0v) is 22.6. The maximum absolute atomic E-state index is 4.47. The fourth-order valence-corrected chi connectivity index (χ4v) is 4.91. The summed E-state index contributed by atoms with van der Waals surface area (Å²) in [5.74, 6) is 1.68. The van der Waals surface area contributed by atoms with Crippen molar-refractivity contribution in [1.29, 1.82) is 0 Å². The molecule has 31 heavy (non-hydrogen) atoms. The number of halogens is 1. The highest BCUT2D eigenvalue weighted by atomic mass is 127. The van der Waals surface area contributed by atoms with Crippen molar-refractivity contribution in [1.82, 2.24) is 30.2 Å². The smallest absolute Gasteiger partial charge is 0.191 e. The van der Waals surface area contributed by atoms with E-state index in [1.165, 1.54) is 36.4 Å². The SMILES string of the molecule is CN=C(NCC(c1cnn(C)c1)N(C)C)NCC(c1cccs1)N1CCC(C)CC1.I. The summed E-state index contributed by atoms with van der Waals surface area (Å²) in [6.07, 6.45) is 6.58. The van der Waals surface area contributed by atoms with E-state index in [-0.39, 0.29) is 30.0 Å². The van der Waals surface area contributed by atoms with Crippen molar-refractivity contribution >= 4 is 41.3 Å². The summed E-state index contributed by atoms with van der Waals surface area (Å²) in [5.41, 5.74) is 1.20. The highest BCUT2D eigenvalue weighted by molar-refractivity contribution is 14.0. The molecule has 0 radical (unpaired) electrons. The molecule has 174 valence electrons. The van der Waals surface area contributed by atoms with Crippen LogP contribution in [0.2, 0.25) is 0 Å². The Bertz CT molecular complexity index is 782. The quantitative estimate of drug-likeness (QED) is 0.295. The molecule has 1 aliphatic rings. The number of aliphatic imine (C=N–C) groups is 1. The fraction of sp³-hybridized carbons (Fsp3) is 0.636. The minimum Gasteiger partial charge on any atom is -0.354 e. The topological polar surface area (TPSA) is 60.7 Å². The molecule has 2 aromatic rings. The zero-order chi connectivity index (χ0) is 21.5. The Labute approximate surface area is 208 Å². The maximum atomic E-state index is 4.47. The summed E-state index contributed by atoms with van der Waals surface area (Å²) >= 11 is 1.85. The highest BCUT2D eigenvalue weighted by Gasteiger charge is 2.25. The van der Waals surface area contributed by atoms with E-state index in [0.29, 0.717) is 6.04 Å². The minimum absolute atomic E-state index is 0. The van der Waals surface area contributed by atoms with Crippen molar-refractivity contribution in [2.24, 2.45) is 18.0 Å². The Hall–Kier alpha value is -1.17. The molecule has 3 heterocycles. The van der Waals surface area contributed by atoms with Crippen LogP contribution in [0.15, 0.2) is 34.9 Å². The standard InChI is InChI=1S/C22H37N7S.HI/c1-17-8-10-29(11-9-17)20(21-7-6-12-30-21)15-25-22(23-2)24-14-19(27(3)4)18-13-26-28(5)16-18;/h6-7,12-13,16-17,19-20H,8-11,14-15H2,1-5H3,(H2,23,24,25);1H. The van der Waals surface area contributed by atoms with E-state index < -0.39 is 0 Å². The summed E-state index contributed by atoms with van der Waals surface area (Å²) in [5, 5.41) is 13.6. The number of guanidine groups is 1. The molecule has 0 saturated carbocycles.